The molecule has 0 aliphatic carbocycles. The topological polar surface area (TPSA) is 18.5 Å². The second-order valence-corrected chi connectivity index (χ2v) is 8.15. The van der Waals surface area contributed by atoms with E-state index in [-0.39, 0.29) is 18.3 Å². The third-order valence-corrected chi connectivity index (χ3v) is 5.76. The predicted molar refractivity (Wildman–Crippen MR) is 113 cm³/mol. The molecule has 0 atom stereocenters. The van der Waals surface area contributed by atoms with Crippen LogP contribution in [0.25, 0.3) is 22.3 Å². The van der Waals surface area contributed by atoms with Crippen LogP contribution in [0, 0.1) is 0 Å². The van der Waals surface area contributed by atoms with Crippen molar-refractivity contribution in [2.24, 2.45) is 0 Å². The number of hydrogen-bond acceptors (Lipinski definition) is 2. The van der Waals surface area contributed by atoms with E-state index in [1.807, 2.05) is 6.07 Å². The summed E-state index contributed by atoms with van der Waals surface area (Å²) in [5, 5.41) is 0. The second-order valence-electron chi connectivity index (χ2n) is 8.15. The van der Waals surface area contributed by atoms with E-state index in [0.29, 0.717) is 0 Å². The van der Waals surface area contributed by atoms with Gasteiger partial charge in [-0.15, -0.1) is 0 Å². The number of hydrogen-bond donors (Lipinski definition) is 0. The van der Waals surface area contributed by atoms with E-state index in [9.17, 15) is 0 Å². The van der Waals surface area contributed by atoms with Crippen molar-refractivity contribution in [1.82, 2.24) is 0 Å². The Kier molecular flexibility index (Phi) is 4.45. The van der Waals surface area contributed by atoms with Gasteiger partial charge >= 0.3 is 7.12 Å². The molecule has 1 aliphatic rings. The van der Waals surface area contributed by atoms with Crippen LogP contribution in [0.15, 0.2) is 78.9 Å². The Morgan fingerprint density at radius 1 is 0.519 bits per heavy atom. The first-order chi connectivity index (χ1) is 12.9. The summed E-state index contributed by atoms with van der Waals surface area (Å²) in [6.45, 7) is 8.32. The Morgan fingerprint density at radius 3 is 1.33 bits per heavy atom. The number of rotatable bonds is 3. The predicted octanol–water partition coefficient (Wildman–Crippen LogP) is 5.32. The first-order valence-electron chi connectivity index (χ1n) is 9.47. The summed E-state index contributed by atoms with van der Waals surface area (Å²) in [5.41, 5.74) is 5.28. The molecule has 3 aromatic carbocycles. The van der Waals surface area contributed by atoms with Crippen molar-refractivity contribution in [3.8, 4) is 22.3 Å². The van der Waals surface area contributed by atoms with Crippen LogP contribution in [0.2, 0.25) is 0 Å². The molecule has 0 N–H and O–H groups in total. The fraction of sp³-hybridized carbons (Fsp3) is 0.250. The second kappa shape index (κ2) is 6.67. The van der Waals surface area contributed by atoms with Gasteiger partial charge in [0.2, 0.25) is 0 Å². The molecule has 0 amide bonds. The molecule has 4 rings (SSSR count). The Hall–Kier alpha value is -2.36. The zero-order chi connectivity index (χ0) is 19.1. The van der Waals surface area contributed by atoms with E-state index in [1.165, 1.54) is 22.3 Å². The lowest BCUT2D eigenvalue weighted by atomic mass is 9.78. The minimum Gasteiger partial charge on any atom is -0.399 e. The summed E-state index contributed by atoms with van der Waals surface area (Å²) >= 11 is 0. The molecular weight excluding hydrogens is 331 g/mol. The van der Waals surface area contributed by atoms with Crippen LogP contribution in [-0.4, -0.2) is 18.3 Å². The summed E-state index contributed by atoms with van der Waals surface area (Å²) in [5.74, 6) is 0. The molecule has 0 aromatic heterocycles. The fourth-order valence-electron chi connectivity index (χ4n) is 3.30. The molecule has 1 fully saturated rings. The van der Waals surface area contributed by atoms with E-state index < -0.39 is 0 Å². The molecule has 0 bridgehead atoms. The van der Waals surface area contributed by atoms with Crippen LogP contribution >= 0.6 is 0 Å². The molecule has 2 nitrogen and oxygen atoms in total. The monoisotopic (exact) mass is 356 g/mol. The first kappa shape index (κ1) is 18.0. The lowest BCUT2D eigenvalue weighted by Crippen LogP contribution is -2.41. The Morgan fingerprint density at radius 2 is 0.889 bits per heavy atom. The summed E-state index contributed by atoms with van der Waals surface area (Å²) in [4.78, 5) is 0. The van der Waals surface area contributed by atoms with Gasteiger partial charge in [-0.05, 0) is 55.4 Å². The normalized spacial score (nSPS) is 17.9. The summed E-state index contributed by atoms with van der Waals surface area (Å²) in [6, 6.07) is 27.6. The molecule has 1 saturated heterocycles. The molecule has 3 heteroatoms. The van der Waals surface area contributed by atoms with Crippen LogP contribution in [0.3, 0.4) is 0 Å². The largest absolute Gasteiger partial charge is 0.494 e. The third kappa shape index (κ3) is 3.45. The van der Waals surface area contributed by atoms with Gasteiger partial charge in [0.15, 0.2) is 0 Å². The van der Waals surface area contributed by atoms with Gasteiger partial charge in [0, 0.05) is 0 Å². The third-order valence-electron chi connectivity index (χ3n) is 5.76. The van der Waals surface area contributed by atoms with E-state index in [1.54, 1.807) is 0 Å². The van der Waals surface area contributed by atoms with Gasteiger partial charge in [0.1, 0.15) is 0 Å². The van der Waals surface area contributed by atoms with Crippen molar-refractivity contribution in [2.45, 2.75) is 38.9 Å². The highest BCUT2D eigenvalue weighted by molar-refractivity contribution is 6.62. The van der Waals surface area contributed by atoms with Crippen molar-refractivity contribution in [3.63, 3.8) is 0 Å². The maximum atomic E-state index is 6.14. The van der Waals surface area contributed by atoms with Crippen molar-refractivity contribution in [3.05, 3.63) is 78.9 Å². The average Bonchev–Trinajstić information content (AvgIpc) is 2.90. The van der Waals surface area contributed by atoms with Crippen LogP contribution < -0.4 is 5.46 Å². The van der Waals surface area contributed by atoms with Gasteiger partial charge in [-0.1, -0.05) is 78.9 Å². The van der Waals surface area contributed by atoms with Gasteiger partial charge in [-0.2, -0.15) is 0 Å². The Balaban J connectivity index is 1.53. The van der Waals surface area contributed by atoms with Gasteiger partial charge in [0.05, 0.1) is 11.2 Å². The van der Waals surface area contributed by atoms with E-state index in [0.717, 1.165) is 5.46 Å². The molecule has 0 radical (unpaired) electrons. The highest BCUT2D eigenvalue weighted by Gasteiger charge is 2.51. The van der Waals surface area contributed by atoms with Crippen molar-refractivity contribution in [2.75, 3.05) is 0 Å². The molecule has 136 valence electrons. The maximum absolute atomic E-state index is 6.14. The van der Waals surface area contributed by atoms with Crippen molar-refractivity contribution >= 4 is 12.6 Å². The minimum atomic E-state index is -0.316. The summed E-state index contributed by atoms with van der Waals surface area (Å²) < 4.78 is 12.3. The summed E-state index contributed by atoms with van der Waals surface area (Å²) in [7, 11) is -0.315. The van der Waals surface area contributed by atoms with Crippen LogP contribution in [0.1, 0.15) is 27.7 Å². The average molecular weight is 356 g/mol. The van der Waals surface area contributed by atoms with Crippen molar-refractivity contribution < 1.29 is 9.31 Å². The SMILES string of the molecule is CC1(C)OB(c2ccc(-c3ccc(-c4ccccc4)cc3)cc2)OC1(C)C. The standard InChI is InChI=1S/C24H25BO2/c1-23(2)24(3,4)27-25(26-23)22-16-14-21(15-17-22)20-12-10-19(11-13-20)18-8-6-5-7-9-18/h5-17H,1-4H3. The van der Waals surface area contributed by atoms with Gasteiger partial charge < -0.3 is 9.31 Å². The molecule has 1 heterocycles. The smallest absolute Gasteiger partial charge is 0.399 e. The quantitative estimate of drug-likeness (QED) is 0.592. The van der Waals surface area contributed by atoms with Crippen molar-refractivity contribution in [1.29, 1.82) is 0 Å². The Bertz CT molecular complexity index is 897. The maximum Gasteiger partial charge on any atom is 0.494 e. The molecular formula is C24H25BO2. The Labute approximate surface area is 162 Å². The van der Waals surface area contributed by atoms with E-state index in [4.69, 9.17) is 9.31 Å². The minimum absolute atomic E-state index is 0.315. The zero-order valence-corrected chi connectivity index (χ0v) is 16.4. The molecule has 0 saturated carbocycles. The molecule has 3 aromatic rings. The zero-order valence-electron chi connectivity index (χ0n) is 16.4. The van der Waals surface area contributed by atoms with Crippen LogP contribution in [0.4, 0.5) is 0 Å². The first-order valence-corrected chi connectivity index (χ1v) is 9.47. The molecule has 0 spiro atoms. The highest BCUT2D eigenvalue weighted by atomic mass is 16.7. The van der Waals surface area contributed by atoms with Crippen LogP contribution in [0.5, 0.6) is 0 Å². The lowest BCUT2D eigenvalue weighted by Gasteiger charge is -2.32. The molecule has 27 heavy (non-hydrogen) atoms. The van der Waals surface area contributed by atoms with Gasteiger partial charge in [0.25, 0.3) is 0 Å². The van der Waals surface area contributed by atoms with Gasteiger partial charge in [-0.3, -0.25) is 0 Å². The number of benzene rings is 3. The lowest BCUT2D eigenvalue weighted by molar-refractivity contribution is 0.00578. The van der Waals surface area contributed by atoms with Crippen LogP contribution in [-0.2, 0) is 9.31 Å². The van der Waals surface area contributed by atoms with E-state index in [2.05, 4.69) is 100 Å². The van der Waals surface area contributed by atoms with E-state index >= 15 is 0 Å². The fourth-order valence-corrected chi connectivity index (χ4v) is 3.30. The van der Waals surface area contributed by atoms with Gasteiger partial charge in [-0.25, -0.2) is 0 Å². The highest BCUT2D eigenvalue weighted by Crippen LogP contribution is 2.36. The molecule has 0 unspecified atom stereocenters. The molecule has 1 aliphatic heterocycles. The summed E-state index contributed by atoms with van der Waals surface area (Å²) in [6.07, 6.45) is 0.